The molecule has 1 aromatic heterocycles. The van der Waals surface area contributed by atoms with Crippen LogP contribution in [0.3, 0.4) is 0 Å². The van der Waals surface area contributed by atoms with Gasteiger partial charge in [0.05, 0.1) is 19.9 Å². The average Bonchev–Trinajstić information content (AvgIpc) is 3.00. The summed E-state index contributed by atoms with van der Waals surface area (Å²) in [6.45, 7) is 1.45. The van der Waals surface area contributed by atoms with E-state index in [0.29, 0.717) is 5.76 Å². The Morgan fingerprint density at radius 1 is 1.45 bits per heavy atom. The summed E-state index contributed by atoms with van der Waals surface area (Å²) in [4.78, 5) is 11.8. The van der Waals surface area contributed by atoms with E-state index >= 15 is 0 Å². The molecular formula is C15H17FN2O4. The highest BCUT2D eigenvalue weighted by Gasteiger charge is 2.26. The number of ether oxygens (including phenoxy) is 1. The minimum atomic E-state index is -1.34. The van der Waals surface area contributed by atoms with Crippen LogP contribution in [-0.2, 0) is 5.60 Å². The Bertz CT molecular complexity index is 641. The van der Waals surface area contributed by atoms with Crippen LogP contribution in [0.4, 0.5) is 14.9 Å². The van der Waals surface area contributed by atoms with E-state index in [2.05, 4.69) is 10.6 Å². The van der Waals surface area contributed by atoms with Crippen LogP contribution in [0.1, 0.15) is 12.7 Å². The van der Waals surface area contributed by atoms with Gasteiger partial charge in [-0.25, -0.2) is 9.18 Å². The molecule has 1 aromatic carbocycles. The van der Waals surface area contributed by atoms with Gasteiger partial charge in [0.1, 0.15) is 11.4 Å². The number of halogens is 1. The van der Waals surface area contributed by atoms with Gasteiger partial charge in [-0.05, 0) is 31.2 Å². The Hall–Kier alpha value is -2.54. The summed E-state index contributed by atoms with van der Waals surface area (Å²) in [5.74, 6) is -0.155. The lowest BCUT2D eigenvalue weighted by Crippen LogP contribution is -2.40. The summed E-state index contributed by atoms with van der Waals surface area (Å²) in [6, 6.07) is 6.73. The SMILES string of the molecule is COc1ccc(NC(=O)NCC(C)(O)c2ccco2)cc1F. The number of carbonyl (C=O) groups is 1. The van der Waals surface area contributed by atoms with E-state index in [0.717, 1.165) is 6.07 Å². The van der Waals surface area contributed by atoms with Crippen LogP contribution in [0.25, 0.3) is 0 Å². The van der Waals surface area contributed by atoms with Gasteiger partial charge in [-0.2, -0.15) is 0 Å². The molecule has 6 nitrogen and oxygen atoms in total. The third-order valence-electron chi connectivity index (χ3n) is 3.05. The predicted molar refractivity (Wildman–Crippen MR) is 78.3 cm³/mol. The van der Waals surface area contributed by atoms with E-state index < -0.39 is 17.4 Å². The van der Waals surface area contributed by atoms with Crippen LogP contribution in [0.2, 0.25) is 0 Å². The molecule has 0 aliphatic carbocycles. The van der Waals surface area contributed by atoms with Crippen molar-refractivity contribution in [1.82, 2.24) is 5.32 Å². The first-order chi connectivity index (χ1) is 10.4. The summed E-state index contributed by atoms with van der Waals surface area (Å²) in [7, 11) is 1.36. The molecule has 1 unspecified atom stereocenters. The number of benzene rings is 1. The number of aliphatic hydroxyl groups is 1. The van der Waals surface area contributed by atoms with Gasteiger partial charge in [0.2, 0.25) is 0 Å². The summed E-state index contributed by atoms with van der Waals surface area (Å²) in [5, 5.41) is 15.1. The molecular weight excluding hydrogens is 291 g/mol. The zero-order valence-corrected chi connectivity index (χ0v) is 12.2. The summed E-state index contributed by atoms with van der Waals surface area (Å²) in [6.07, 6.45) is 1.43. The quantitative estimate of drug-likeness (QED) is 0.792. The maximum absolute atomic E-state index is 13.5. The third kappa shape index (κ3) is 3.76. The number of furan rings is 1. The molecule has 0 saturated carbocycles. The van der Waals surface area contributed by atoms with Gasteiger partial charge < -0.3 is 24.9 Å². The zero-order valence-electron chi connectivity index (χ0n) is 12.2. The lowest BCUT2D eigenvalue weighted by atomic mass is 10.0. The number of rotatable bonds is 5. The topological polar surface area (TPSA) is 83.7 Å². The minimum absolute atomic E-state index is 0.0645. The van der Waals surface area contributed by atoms with Crippen molar-refractivity contribution < 1.29 is 23.4 Å². The van der Waals surface area contributed by atoms with Crippen LogP contribution in [0, 0.1) is 5.82 Å². The number of hydrogen-bond acceptors (Lipinski definition) is 4. The van der Waals surface area contributed by atoms with Gasteiger partial charge in [0, 0.05) is 11.8 Å². The third-order valence-corrected chi connectivity index (χ3v) is 3.05. The molecule has 1 heterocycles. The number of hydrogen-bond donors (Lipinski definition) is 3. The Morgan fingerprint density at radius 3 is 2.82 bits per heavy atom. The van der Waals surface area contributed by atoms with Crippen LogP contribution < -0.4 is 15.4 Å². The van der Waals surface area contributed by atoms with E-state index in [9.17, 15) is 14.3 Å². The summed E-state index contributed by atoms with van der Waals surface area (Å²) < 4.78 is 23.4. The summed E-state index contributed by atoms with van der Waals surface area (Å²) in [5.41, 5.74) is -1.07. The molecule has 0 saturated heterocycles. The van der Waals surface area contributed by atoms with Gasteiger partial charge >= 0.3 is 6.03 Å². The smallest absolute Gasteiger partial charge is 0.319 e. The van der Waals surface area contributed by atoms with E-state index in [4.69, 9.17) is 9.15 Å². The van der Waals surface area contributed by atoms with Crippen LogP contribution in [0.15, 0.2) is 41.0 Å². The highest BCUT2D eigenvalue weighted by atomic mass is 19.1. The first-order valence-electron chi connectivity index (χ1n) is 6.57. The fourth-order valence-electron chi connectivity index (χ4n) is 1.84. The van der Waals surface area contributed by atoms with E-state index in [1.807, 2.05) is 0 Å². The Morgan fingerprint density at radius 2 is 2.23 bits per heavy atom. The van der Waals surface area contributed by atoms with Crippen molar-refractivity contribution in [1.29, 1.82) is 0 Å². The van der Waals surface area contributed by atoms with Crippen LogP contribution in [0.5, 0.6) is 5.75 Å². The monoisotopic (exact) mass is 308 g/mol. The molecule has 2 rings (SSSR count). The van der Waals surface area contributed by atoms with Crippen molar-refractivity contribution in [3.63, 3.8) is 0 Å². The minimum Gasteiger partial charge on any atom is -0.494 e. The molecule has 0 radical (unpaired) electrons. The molecule has 0 fully saturated rings. The molecule has 118 valence electrons. The van der Waals surface area contributed by atoms with Crippen molar-refractivity contribution in [3.8, 4) is 5.75 Å². The van der Waals surface area contributed by atoms with Crippen molar-refractivity contribution in [2.45, 2.75) is 12.5 Å². The van der Waals surface area contributed by atoms with Crippen LogP contribution in [-0.4, -0.2) is 24.8 Å². The molecule has 2 aromatic rings. The molecule has 22 heavy (non-hydrogen) atoms. The van der Waals surface area contributed by atoms with Crippen molar-refractivity contribution in [2.75, 3.05) is 19.0 Å². The van der Waals surface area contributed by atoms with Crippen molar-refractivity contribution in [3.05, 3.63) is 48.2 Å². The molecule has 0 bridgehead atoms. The van der Waals surface area contributed by atoms with E-state index in [1.165, 1.54) is 32.4 Å². The molecule has 2 amide bonds. The largest absolute Gasteiger partial charge is 0.494 e. The number of urea groups is 1. The number of carbonyl (C=O) groups excluding carboxylic acids is 1. The second-order valence-corrected chi connectivity index (χ2v) is 4.91. The second kappa shape index (κ2) is 6.48. The molecule has 3 N–H and O–H groups in total. The maximum atomic E-state index is 13.5. The van der Waals surface area contributed by atoms with Gasteiger partial charge in [-0.3, -0.25) is 0 Å². The molecule has 1 atom stereocenters. The number of nitrogens with one attached hydrogen (secondary N) is 2. The number of methoxy groups -OCH3 is 1. The van der Waals surface area contributed by atoms with E-state index in [1.54, 1.807) is 12.1 Å². The van der Waals surface area contributed by atoms with Crippen molar-refractivity contribution >= 4 is 11.7 Å². The fraction of sp³-hybridized carbons (Fsp3) is 0.267. The van der Waals surface area contributed by atoms with Crippen LogP contribution >= 0.6 is 0 Å². The highest BCUT2D eigenvalue weighted by Crippen LogP contribution is 2.21. The highest BCUT2D eigenvalue weighted by molar-refractivity contribution is 5.89. The average molecular weight is 308 g/mol. The standard InChI is InChI=1S/C15H17FN2O4/c1-15(20,13-4-3-7-22-13)9-17-14(19)18-10-5-6-12(21-2)11(16)8-10/h3-8,20H,9H2,1-2H3,(H2,17,18,19). The lowest BCUT2D eigenvalue weighted by Gasteiger charge is -2.21. The summed E-state index contributed by atoms with van der Waals surface area (Å²) >= 11 is 0. The Labute approximate surface area is 126 Å². The first-order valence-corrected chi connectivity index (χ1v) is 6.57. The fourth-order valence-corrected chi connectivity index (χ4v) is 1.84. The lowest BCUT2D eigenvalue weighted by molar-refractivity contribution is 0.0372. The number of amides is 2. The van der Waals surface area contributed by atoms with E-state index in [-0.39, 0.29) is 18.0 Å². The molecule has 0 aliphatic heterocycles. The normalized spacial score (nSPS) is 13.3. The van der Waals surface area contributed by atoms with Gasteiger partial charge in [0.15, 0.2) is 11.6 Å². The maximum Gasteiger partial charge on any atom is 0.319 e. The predicted octanol–water partition coefficient (Wildman–Crippen LogP) is 2.46. The Kier molecular flexibility index (Phi) is 4.67. The van der Waals surface area contributed by atoms with Gasteiger partial charge in [0.25, 0.3) is 0 Å². The van der Waals surface area contributed by atoms with Crippen molar-refractivity contribution in [2.24, 2.45) is 0 Å². The van der Waals surface area contributed by atoms with Gasteiger partial charge in [-0.15, -0.1) is 0 Å². The number of anilines is 1. The Balaban J connectivity index is 1.92. The van der Waals surface area contributed by atoms with Gasteiger partial charge in [-0.1, -0.05) is 0 Å². The molecule has 0 aliphatic rings. The zero-order chi connectivity index (χ0) is 16.2. The molecule has 7 heteroatoms. The molecule has 0 spiro atoms. The first kappa shape index (κ1) is 15.8. The second-order valence-electron chi connectivity index (χ2n) is 4.91.